The number of amides is 1. The number of hydrogen-bond acceptors (Lipinski definition) is 5. The highest BCUT2D eigenvalue weighted by molar-refractivity contribution is 5.96. The van der Waals surface area contributed by atoms with Crippen LogP contribution in [0, 0.1) is 0 Å². The van der Waals surface area contributed by atoms with Crippen molar-refractivity contribution in [3.8, 4) is 11.5 Å². The summed E-state index contributed by atoms with van der Waals surface area (Å²) in [6, 6.07) is 14.1. The lowest BCUT2D eigenvalue weighted by Crippen LogP contribution is -2.50. The number of nitrogens with zero attached hydrogens (tertiary/aromatic N) is 3. The van der Waals surface area contributed by atoms with Gasteiger partial charge in [-0.2, -0.15) is 0 Å². The van der Waals surface area contributed by atoms with Gasteiger partial charge in [0.2, 0.25) is 5.91 Å². The molecule has 2 heterocycles. The molecule has 0 aliphatic carbocycles. The lowest BCUT2D eigenvalue weighted by Gasteiger charge is -2.37. The fourth-order valence-electron chi connectivity index (χ4n) is 4.27. The summed E-state index contributed by atoms with van der Waals surface area (Å²) >= 11 is 0. The normalized spacial score (nSPS) is 17.0. The van der Waals surface area contributed by atoms with Crippen molar-refractivity contribution in [3.05, 3.63) is 48.0 Å². The lowest BCUT2D eigenvalue weighted by atomic mass is 10.0. The van der Waals surface area contributed by atoms with Crippen LogP contribution in [0.4, 0.5) is 11.4 Å². The Hall–Kier alpha value is -2.73. The van der Waals surface area contributed by atoms with Gasteiger partial charge in [0.25, 0.3) is 0 Å². The van der Waals surface area contributed by atoms with E-state index < -0.39 is 0 Å². The fourth-order valence-corrected chi connectivity index (χ4v) is 4.27. The maximum Gasteiger partial charge on any atom is 0.241 e. The van der Waals surface area contributed by atoms with Crippen LogP contribution in [0.15, 0.2) is 42.5 Å². The van der Waals surface area contributed by atoms with Gasteiger partial charge in [0.05, 0.1) is 26.5 Å². The molecule has 6 nitrogen and oxygen atoms in total. The molecule has 6 heteroatoms. The number of carbonyl (C=O) groups is 1. The Bertz CT molecular complexity index is 862. The first-order chi connectivity index (χ1) is 14.2. The van der Waals surface area contributed by atoms with E-state index in [9.17, 15) is 4.79 Å². The highest BCUT2D eigenvalue weighted by Crippen LogP contribution is 2.31. The minimum Gasteiger partial charge on any atom is -0.497 e. The average Bonchev–Trinajstić information content (AvgIpc) is 2.78. The molecule has 0 radical (unpaired) electrons. The molecular weight excluding hydrogens is 366 g/mol. The molecule has 0 N–H and O–H groups in total. The largest absolute Gasteiger partial charge is 0.497 e. The Morgan fingerprint density at radius 3 is 2.48 bits per heavy atom. The molecule has 0 unspecified atom stereocenters. The van der Waals surface area contributed by atoms with Crippen LogP contribution in [0.5, 0.6) is 11.5 Å². The van der Waals surface area contributed by atoms with Gasteiger partial charge in [-0.1, -0.05) is 12.1 Å². The maximum atomic E-state index is 13.1. The van der Waals surface area contributed by atoms with E-state index in [1.54, 1.807) is 14.2 Å². The van der Waals surface area contributed by atoms with Crippen molar-refractivity contribution in [3.63, 3.8) is 0 Å². The third kappa shape index (κ3) is 4.17. The first-order valence-corrected chi connectivity index (χ1v) is 10.3. The van der Waals surface area contributed by atoms with Gasteiger partial charge >= 0.3 is 0 Å². The summed E-state index contributed by atoms with van der Waals surface area (Å²) in [7, 11) is 3.39. The zero-order valence-corrected chi connectivity index (χ0v) is 17.3. The molecule has 1 saturated heterocycles. The third-order valence-corrected chi connectivity index (χ3v) is 5.86. The monoisotopic (exact) mass is 395 g/mol. The minimum atomic E-state index is 0.182. The Labute approximate surface area is 172 Å². The van der Waals surface area contributed by atoms with Crippen molar-refractivity contribution < 1.29 is 14.3 Å². The van der Waals surface area contributed by atoms with Crippen molar-refractivity contribution in [1.29, 1.82) is 0 Å². The summed E-state index contributed by atoms with van der Waals surface area (Å²) in [5.74, 6) is 1.93. The standard InChI is InChI=1S/C23H29N3O3/c1-28-19-9-10-20-18(16-19)6-5-11-26(20)23(27)17-24-12-14-25(15-13-24)21-7-3-4-8-22(21)29-2/h3-4,7-10,16H,5-6,11-15,17H2,1-2H3. The van der Waals surface area contributed by atoms with Crippen LogP contribution in [-0.4, -0.2) is 64.3 Å². The summed E-state index contributed by atoms with van der Waals surface area (Å²) < 4.78 is 10.8. The van der Waals surface area contributed by atoms with Crippen LogP contribution in [0.1, 0.15) is 12.0 Å². The predicted octanol–water partition coefficient (Wildman–Crippen LogP) is 2.81. The SMILES string of the molecule is COc1ccc2c(c1)CCCN2C(=O)CN1CCN(c2ccccc2OC)CC1. The molecule has 2 aliphatic heterocycles. The summed E-state index contributed by atoms with van der Waals surface area (Å²) in [5.41, 5.74) is 3.36. The number of methoxy groups -OCH3 is 2. The van der Waals surface area contributed by atoms with E-state index in [-0.39, 0.29) is 5.91 Å². The van der Waals surface area contributed by atoms with Gasteiger partial charge in [-0.15, -0.1) is 0 Å². The van der Waals surface area contributed by atoms with Crippen LogP contribution < -0.4 is 19.3 Å². The third-order valence-electron chi connectivity index (χ3n) is 5.86. The molecule has 0 bridgehead atoms. The first-order valence-electron chi connectivity index (χ1n) is 10.3. The number of carbonyl (C=O) groups excluding carboxylic acids is 1. The smallest absolute Gasteiger partial charge is 0.241 e. The molecule has 0 saturated carbocycles. The van der Waals surface area contributed by atoms with Gasteiger partial charge in [0, 0.05) is 38.4 Å². The fraction of sp³-hybridized carbons (Fsp3) is 0.435. The Balaban J connectivity index is 1.37. The lowest BCUT2D eigenvalue weighted by molar-refractivity contribution is -0.119. The second kappa shape index (κ2) is 8.74. The molecule has 0 atom stereocenters. The van der Waals surface area contributed by atoms with Crippen molar-refractivity contribution in [2.75, 3.05) is 63.3 Å². The van der Waals surface area contributed by atoms with Gasteiger partial charge < -0.3 is 19.3 Å². The second-order valence-corrected chi connectivity index (χ2v) is 7.58. The van der Waals surface area contributed by atoms with E-state index in [2.05, 4.69) is 21.9 Å². The highest BCUT2D eigenvalue weighted by Gasteiger charge is 2.26. The van der Waals surface area contributed by atoms with Gasteiger partial charge in [0.1, 0.15) is 11.5 Å². The molecule has 0 aromatic heterocycles. The number of aryl methyl sites for hydroxylation is 1. The molecule has 2 aromatic rings. The van der Waals surface area contributed by atoms with E-state index in [1.165, 1.54) is 5.56 Å². The van der Waals surface area contributed by atoms with E-state index in [0.717, 1.165) is 68.4 Å². The predicted molar refractivity (Wildman–Crippen MR) is 115 cm³/mol. The van der Waals surface area contributed by atoms with E-state index in [1.807, 2.05) is 35.2 Å². The highest BCUT2D eigenvalue weighted by atomic mass is 16.5. The zero-order chi connectivity index (χ0) is 20.2. The summed E-state index contributed by atoms with van der Waals surface area (Å²) in [5, 5.41) is 0. The number of ether oxygens (including phenoxy) is 2. The second-order valence-electron chi connectivity index (χ2n) is 7.58. The number of anilines is 2. The number of para-hydroxylation sites is 2. The summed E-state index contributed by atoms with van der Waals surface area (Å²) in [6.45, 7) is 4.77. The van der Waals surface area contributed by atoms with E-state index >= 15 is 0 Å². The number of fused-ring (bicyclic) bond motifs is 1. The topological polar surface area (TPSA) is 45.2 Å². The van der Waals surface area contributed by atoms with Crippen LogP contribution in [0.3, 0.4) is 0 Å². The minimum absolute atomic E-state index is 0.182. The Kier molecular flexibility index (Phi) is 5.90. The van der Waals surface area contributed by atoms with E-state index in [4.69, 9.17) is 9.47 Å². The zero-order valence-electron chi connectivity index (χ0n) is 17.3. The quantitative estimate of drug-likeness (QED) is 0.779. The molecular formula is C23H29N3O3. The molecule has 1 amide bonds. The maximum absolute atomic E-state index is 13.1. The summed E-state index contributed by atoms with van der Waals surface area (Å²) in [6.07, 6.45) is 1.99. The molecule has 2 aromatic carbocycles. The number of hydrogen-bond donors (Lipinski definition) is 0. The van der Waals surface area contributed by atoms with Crippen molar-refractivity contribution in [2.45, 2.75) is 12.8 Å². The molecule has 2 aliphatic rings. The molecule has 29 heavy (non-hydrogen) atoms. The number of piperazine rings is 1. The molecule has 0 spiro atoms. The van der Waals surface area contributed by atoms with Crippen LogP contribution in [0.2, 0.25) is 0 Å². The molecule has 154 valence electrons. The molecule has 4 rings (SSSR count). The van der Waals surface area contributed by atoms with Crippen molar-refractivity contribution in [2.24, 2.45) is 0 Å². The van der Waals surface area contributed by atoms with Crippen LogP contribution in [0.25, 0.3) is 0 Å². The molecule has 1 fully saturated rings. The van der Waals surface area contributed by atoms with Crippen molar-refractivity contribution >= 4 is 17.3 Å². The van der Waals surface area contributed by atoms with Gasteiger partial charge in [0.15, 0.2) is 0 Å². The van der Waals surface area contributed by atoms with Gasteiger partial charge in [-0.05, 0) is 48.7 Å². The van der Waals surface area contributed by atoms with Gasteiger partial charge in [-0.25, -0.2) is 0 Å². The van der Waals surface area contributed by atoms with Crippen LogP contribution >= 0.6 is 0 Å². The van der Waals surface area contributed by atoms with Gasteiger partial charge in [-0.3, -0.25) is 9.69 Å². The first kappa shape index (κ1) is 19.6. The number of rotatable bonds is 5. The Morgan fingerprint density at radius 2 is 1.72 bits per heavy atom. The average molecular weight is 396 g/mol. The van der Waals surface area contributed by atoms with Crippen LogP contribution in [-0.2, 0) is 11.2 Å². The van der Waals surface area contributed by atoms with Crippen molar-refractivity contribution in [1.82, 2.24) is 4.90 Å². The summed E-state index contributed by atoms with van der Waals surface area (Å²) in [4.78, 5) is 19.6. The number of benzene rings is 2. The van der Waals surface area contributed by atoms with E-state index in [0.29, 0.717) is 6.54 Å². The Morgan fingerprint density at radius 1 is 0.931 bits per heavy atom.